The molecule has 0 aromatic carbocycles. The molecule has 0 atom stereocenters. The lowest BCUT2D eigenvalue weighted by molar-refractivity contribution is -0.248. The molecule has 0 rings (SSSR count). The second-order valence-corrected chi connectivity index (χ2v) is 2.96. The van der Waals surface area contributed by atoms with E-state index in [1.54, 1.807) is 0 Å². The lowest BCUT2D eigenvalue weighted by atomic mass is 10.2. The van der Waals surface area contributed by atoms with E-state index in [-0.39, 0.29) is 0 Å². The molecule has 19 heavy (non-hydrogen) atoms. The molecule has 0 saturated heterocycles. The first kappa shape index (κ1) is 17.8. The summed E-state index contributed by atoms with van der Waals surface area (Å²) in [5.74, 6) is 0. The van der Waals surface area contributed by atoms with Crippen LogP contribution < -0.4 is 0 Å². The molecule has 0 aromatic heterocycles. The average molecular weight is 315 g/mol. The Kier molecular flexibility index (Phi) is 4.45. The van der Waals surface area contributed by atoms with Gasteiger partial charge in [0.2, 0.25) is 11.8 Å². The van der Waals surface area contributed by atoms with Gasteiger partial charge in [-0.15, -0.1) is 0 Å². The van der Waals surface area contributed by atoms with E-state index in [1.807, 2.05) is 0 Å². The number of halogens is 12. The summed E-state index contributed by atoms with van der Waals surface area (Å²) < 4.78 is 141. The van der Waals surface area contributed by atoms with Gasteiger partial charge in [-0.05, 0) is 0 Å². The molecule has 0 N–H and O–H groups in total. The second-order valence-electron chi connectivity index (χ2n) is 2.96. The van der Waals surface area contributed by atoms with E-state index >= 15 is 0 Å². The molecule has 13 heteroatoms. The Morgan fingerprint density at radius 3 is 1.00 bits per heavy atom. The lowest BCUT2D eigenvalue weighted by Gasteiger charge is -2.22. The minimum atomic E-state index is -6.51. The Morgan fingerprint density at radius 1 is 0.579 bits per heavy atom. The molecule has 0 heterocycles. The summed E-state index contributed by atoms with van der Waals surface area (Å²) in [5.41, 5.74) is -4.11. The quantitative estimate of drug-likeness (QED) is 0.511. The van der Waals surface area contributed by atoms with Crippen molar-refractivity contribution < 1.29 is 52.7 Å². The number of hydrogen-bond acceptors (Lipinski definition) is 1. The molecule has 0 aliphatic rings. The average Bonchev–Trinajstić information content (AvgIpc) is 1.91. The zero-order chi connectivity index (χ0) is 15.9. The van der Waals surface area contributed by atoms with Crippen LogP contribution in [0.1, 0.15) is 0 Å². The summed E-state index contributed by atoms with van der Waals surface area (Å²) in [4.78, 5) is 0.778. The topological polar surface area (TPSA) is 12.4 Å². The van der Waals surface area contributed by atoms with Crippen LogP contribution >= 0.6 is 0 Å². The zero-order valence-corrected chi connectivity index (χ0v) is 8.06. The van der Waals surface area contributed by atoms with Crippen molar-refractivity contribution in [2.75, 3.05) is 0 Å². The Bertz CT molecular complexity index is 307. The van der Waals surface area contributed by atoms with E-state index in [4.69, 9.17) is 0 Å². The van der Waals surface area contributed by atoms with Crippen molar-refractivity contribution in [3.05, 3.63) is 0 Å². The summed E-state index contributed by atoms with van der Waals surface area (Å²) in [5, 5.41) is 0. The number of hydrogen-bond donors (Lipinski definition) is 0. The van der Waals surface area contributed by atoms with Crippen molar-refractivity contribution >= 4 is 5.71 Å². The summed E-state index contributed by atoms with van der Waals surface area (Å²) >= 11 is 0. The third kappa shape index (κ3) is 5.14. The van der Waals surface area contributed by atoms with Crippen molar-refractivity contribution in [3.8, 4) is 0 Å². The number of aliphatic imine (C=N–C) groups is 1. The Balaban J connectivity index is 5.91. The molecular formula is C6HF12N. The van der Waals surface area contributed by atoms with Crippen LogP contribution in [0.15, 0.2) is 4.99 Å². The van der Waals surface area contributed by atoms with Gasteiger partial charge in [-0.3, -0.25) is 4.99 Å². The van der Waals surface area contributed by atoms with Crippen LogP contribution in [0, 0.1) is 0 Å². The molecule has 0 aromatic rings. The zero-order valence-electron chi connectivity index (χ0n) is 8.06. The minimum Gasteiger partial charge on any atom is -0.254 e. The number of alkyl halides is 12. The molecule has 0 spiro atoms. The molecule has 0 amide bonds. The highest BCUT2D eigenvalue weighted by Crippen LogP contribution is 2.39. The Hall–Kier alpha value is -1.17. The van der Waals surface area contributed by atoms with E-state index < -0.39 is 36.5 Å². The summed E-state index contributed by atoms with van der Waals surface area (Å²) in [7, 11) is 0. The standard InChI is InChI=1S/C6HF12N/c7-3(8,9)1(4(10,11)12)19-2(5(13,14)15)6(16,17)18/h1H. The number of nitrogens with zero attached hydrogens (tertiary/aromatic N) is 1. The van der Waals surface area contributed by atoms with Crippen LogP contribution in [0.2, 0.25) is 0 Å². The monoisotopic (exact) mass is 315 g/mol. The van der Waals surface area contributed by atoms with E-state index in [1.165, 1.54) is 0 Å². The maximum absolute atomic E-state index is 11.8. The van der Waals surface area contributed by atoms with E-state index in [0.29, 0.717) is 0 Å². The van der Waals surface area contributed by atoms with Crippen molar-refractivity contribution in [3.63, 3.8) is 0 Å². The molecule has 114 valence electrons. The SMILES string of the molecule is FC(F)(F)C(=NC(C(F)(F)F)C(F)(F)F)C(F)(F)F. The van der Waals surface area contributed by atoms with Crippen LogP contribution in [0.5, 0.6) is 0 Å². The molecule has 0 radical (unpaired) electrons. The van der Waals surface area contributed by atoms with Gasteiger partial charge < -0.3 is 0 Å². The Morgan fingerprint density at radius 2 is 0.842 bits per heavy atom. The third-order valence-electron chi connectivity index (χ3n) is 1.42. The van der Waals surface area contributed by atoms with Gasteiger partial charge in [0.05, 0.1) is 0 Å². The van der Waals surface area contributed by atoms with Crippen LogP contribution in [-0.2, 0) is 0 Å². The normalized spacial score (nSPS) is 14.8. The molecule has 0 fully saturated rings. The molecule has 1 nitrogen and oxygen atoms in total. The van der Waals surface area contributed by atoms with Crippen molar-refractivity contribution in [2.45, 2.75) is 30.7 Å². The van der Waals surface area contributed by atoms with Crippen LogP contribution in [0.3, 0.4) is 0 Å². The molecule has 0 saturated carbocycles. The predicted molar refractivity (Wildman–Crippen MR) is 35.4 cm³/mol. The predicted octanol–water partition coefficient (Wildman–Crippen LogP) is 4.05. The van der Waals surface area contributed by atoms with E-state index in [0.717, 1.165) is 4.99 Å². The summed E-state index contributed by atoms with van der Waals surface area (Å²) in [6, 6.07) is -5.11. The van der Waals surface area contributed by atoms with Crippen LogP contribution in [-0.4, -0.2) is 36.5 Å². The summed E-state index contributed by atoms with van der Waals surface area (Å²) in [6.45, 7) is 0. The lowest BCUT2D eigenvalue weighted by Crippen LogP contribution is -2.45. The molecule has 0 bridgehead atoms. The fourth-order valence-corrected chi connectivity index (χ4v) is 0.768. The maximum Gasteiger partial charge on any atom is 0.438 e. The fourth-order valence-electron chi connectivity index (χ4n) is 0.768. The minimum absolute atomic E-state index is 0.778. The van der Waals surface area contributed by atoms with Crippen molar-refractivity contribution in [1.82, 2.24) is 0 Å². The molecule has 0 aliphatic heterocycles. The highest BCUT2D eigenvalue weighted by molar-refractivity contribution is 5.94. The van der Waals surface area contributed by atoms with Crippen molar-refractivity contribution in [1.29, 1.82) is 0 Å². The van der Waals surface area contributed by atoms with Gasteiger partial charge in [0.1, 0.15) is 0 Å². The van der Waals surface area contributed by atoms with Gasteiger partial charge in [0.25, 0.3) is 0 Å². The van der Waals surface area contributed by atoms with Gasteiger partial charge >= 0.3 is 24.7 Å². The highest BCUT2D eigenvalue weighted by Gasteiger charge is 2.61. The largest absolute Gasteiger partial charge is 0.438 e. The molecule has 0 aliphatic carbocycles. The molecule has 0 unspecified atom stereocenters. The maximum atomic E-state index is 11.8. The first-order chi connectivity index (χ1) is 7.97. The van der Waals surface area contributed by atoms with E-state index in [9.17, 15) is 52.7 Å². The van der Waals surface area contributed by atoms with Crippen LogP contribution in [0.4, 0.5) is 52.7 Å². The number of rotatable bonds is 1. The second kappa shape index (κ2) is 4.74. The molecular weight excluding hydrogens is 314 g/mol. The van der Waals surface area contributed by atoms with E-state index in [2.05, 4.69) is 0 Å². The fraction of sp³-hybridized carbons (Fsp3) is 0.833. The van der Waals surface area contributed by atoms with Gasteiger partial charge in [-0.25, -0.2) is 0 Å². The first-order valence-electron chi connectivity index (χ1n) is 3.83. The van der Waals surface area contributed by atoms with Crippen LogP contribution in [0.25, 0.3) is 0 Å². The smallest absolute Gasteiger partial charge is 0.254 e. The van der Waals surface area contributed by atoms with Gasteiger partial charge in [-0.2, -0.15) is 52.7 Å². The van der Waals surface area contributed by atoms with Gasteiger partial charge in [0, 0.05) is 0 Å². The van der Waals surface area contributed by atoms with Gasteiger partial charge in [0.15, 0.2) is 0 Å². The summed E-state index contributed by atoms with van der Waals surface area (Å²) in [6.07, 6.45) is -25.9. The van der Waals surface area contributed by atoms with Gasteiger partial charge in [-0.1, -0.05) is 0 Å². The first-order valence-corrected chi connectivity index (χ1v) is 3.83. The highest BCUT2D eigenvalue weighted by atomic mass is 19.4. The Labute approximate surface area is 95.4 Å². The third-order valence-corrected chi connectivity index (χ3v) is 1.42. The van der Waals surface area contributed by atoms with Crippen molar-refractivity contribution in [2.24, 2.45) is 4.99 Å².